The second kappa shape index (κ2) is 11.7. The molecule has 0 spiro atoms. The zero-order valence-electron chi connectivity index (χ0n) is 19.6. The number of aromatic hydroxyl groups is 1. The molecule has 0 aliphatic rings. The number of rotatable bonds is 10. The minimum Gasteiger partial charge on any atom is -0.507 e. The van der Waals surface area contributed by atoms with Gasteiger partial charge in [0.1, 0.15) is 5.75 Å². The first-order valence-electron chi connectivity index (χ1n) is 11.2. The van der Waals surface area contributed by atoms with E-state index in [0.29, 0.717) is 34.7 Å². The number of phenols is 1. The number of carbonyl (C=O) groups excluding carboxylic acids is 1. The SMILES string of the molecule is C=CCn1c(CNc2ccc(Cl)cc2)nnc1S[C@H](C)C(=O)N/N=C/c1c(O)ccc2ccccc12. The number of phenolic OH excluding ortho intramolecular Hbond substituents is 1. The molecule has 0 unspecified atom stereocenters. The summed E-state index contributed by atoms with van der Waals surface area (Å²) in [5, 5.41) is 28.8. The van der Waals surface area contributed by atoms with Gasteiger partial charge in [-0.1, -0.05) is 59.8 Å². The largest absolute Gasteiger partial charge is 0.507 e. The number of thioether (sulfide) groups is 1. The van der Waals surface area contributed by atoms with Gasteiger partial charge in [0.25, 0.3) is 5.91 Å². The molecular weight excluding hydrogens is 496 g/mol. The highest BCUT2D eigenvalue weighted by molar-refractivity contribution is 8.00. The van der Waals surface area contributed by atoms with Gasteiger partial charge in [-0.3, -0.25) is 4.79 Å². The number of allylic oxidation sites excluding steroid dienone is 1. The standard InChI is InChI=1S/C26H25ClN6O2S/c1-3-14-33-24(16-28-20-11-9-19(27)10-12-20)30-32-26(33)36-17(2)25(35)31-29-15-22-21-7-5-4-6-18(21)8-13-23(22)34/h3-13,15,17,28,34H,1,14,16H2,2H3,(H,31,35)/b29-15+/t17-/m1/s1. The van der Waals surface area contributed by atoms with Gasteiger partial charge in [0, 0.05) is 22.8 Å². The molecule has 3 N–H and O–H groups in total. The van der Waals surface area contributed by atoms with Crippen LogP contribution < -0.4 is 10.7 Å². The molecule has 0 aliphatic carbocycles. The Hall–Kier alpha value is -3.82. The number of hydrogen-bond donors (Lipinski definition) is 3. The van der Waals surface area contributed by atoms with Crippen molar-refractivity contribution in [3.05, 3.63) is 89.7 Å². The minimum absolute atomic E-state index is 0.0892. The fraction of sp³-hybridized carbons (Fsp3) is 0.154. The molecule has 3 aromatic carbocycles. The second-order valence-corrected chi connectivity index (χ2v) is 9.62. The van der Waals surface area contributed by atoms with Crippen molar-refractivity contribution in [2.45, 2.75) is 30.4 Å². The Labute approximate surface area is 218 Å². The molecule has 1 atom stereocenters. The third-order valence-electron chi connectivity index (χ3n) is 5.37. The zero-order valence-corrected chi connectivity index (χ0v) is 21.1. The van der Waals surface area contributed by atoms with E-state index >= 15 is 0 Å². The van der Waals surface area contributed by atoms with Crippen molar-refractivity contribution in [2.24, 2.45) is 5.10 Å². The molecular formula is C26H25ClN6O2S. The lowest BCUT2D eigenvalue weighted by molar-refractivity contribution is -0.120. The maximum absolute atomic E-state index is 12.7. The van der Waals surface area contributed by atoms with Gasteiger partial charge in [-0.25, -0.2) is 5.43 Å². The van der Waals surface area contributed by atoms with Crippen LogP contribution in [0.3, 0.4) is 0 Å². The number of amides is 1. The molecule has 10 heteroatoms. The molecule has 4 aromatic rings. The van der Waals surface area contributed by atoms with Gasteiger partial charge in [0.2, 0.25) is 0 Å². The molecule has 1 heterocycles. The molecule has 1 amide bonds. The van der Waals surface area contributed by atoms with E-state index in [2.05, 4.69) is 32.6 Å². The number of fused-ring (bicyclic) bond motifs is 1. The van der Waals surface area contributed by atoms with Gasteiger partial charge in [-0.05, 0) is 48.0 Å². The lowest BCUT2D eigenvalue weighted by Gasteiger charge is -2.12. The van der Waals surface area contributed by atoms with Gasteiger partial charge in [0.05, 0.1) is 18.0 Å². The van der Waals surface area contributed by atoms with Crippen molar-refractivity contribution in [1.29, 1.82) is 0 Å². The van der Waals surface area contributed by atoms with E-state index in [-0.39, 0.29) is 11.7 Å². The molecule has 36 heavy (non-hydrogen) atoms. The van der Waals surface area contributed by atoms with Crippen molar-refractivity contribution in [3.8, 4) is 5.75 Å². The predicted molar refractivity (Wildman–Crippen MR) is 146 cm³/mol. The van der Waals surface area contributed by atoms with Gasteiger partial charge in [-0.2, -0.15) is 5.10 Å². The Morgan fingerprint density at radius 1 is 1.19 bits per heavy atom. The molecule has 184 valence electrons. The summed E-state index contributed by atoms with van der Waals surface area (Å²) >= 11 is 7.22. The van der Waals surface area contributed by atoms with E-state index in [1.54, 1.807) is 19.1 Å². The Kier molecular flexibility index (Phi) is 8.24. The van der Waals surface area contributed by atoms with Crippen LogP contribution in [0.15, 0.2) is 83.6 Å². The van der Waals surface area contributed by atoms with Crippen LogP contribution in [-0.2, 0) is 17.9 Å². The molecule has 0 bridgehead atoms. The van der Waals surface area contributed by atoms with Crippen LogP contribution in [0.5, 0.6) is 5.75 Å². The smallest absolute Gasteiger partial charge is 0.253 e. The van der Waals surface area contributed by atoms with Crippen molar-refractivity contribution >= 4 is 51.9 Å². The number of halogens is 1. The average molecular weight is 521 g/mol. The molecule has 1 aromatic heterocycles. The number of anilines is 1. The zero-order chi connectivity index (χ0) is 25.5. The first-order chi connectivity index (χ1) is 17.5. The second-order valence-electron chi connectivity index (χ2n) is 7.87. The highest BCUT2D eigenvalue weighted by Crippen LogP contribution is 2.26. The van der Waals surface area contributed by atoms with Gasteiger partial charge in [0.15, 0.2) is 11.0 Å². The van der Waals surface area contributed by atoms with Gasteiger partial charge < -0.3 is 15.0 Å². The summed E-state index contributed by atoms with van der Waals surface area (Å²) in [5.41, 5.74) is 4.00. The predicted octanol–water partition coefficient (Wildman–Crippen LogP) is 5.22. The Bertz CT molecular complexity index is 1400. The third kappa shape index (κ3) is 6.05. The van der Waals surface area contributed by atoms with Crippen LogP contribution in [0.1, 0.15) is 18.3 Å². The van der Waals surface area contributed by atoms with E-state index < -0.39 is 5.25 Å². The number of aromatic nitrogens is 3. The number of hydrogen-bond acceptors (Lipinski definition) is 7. The number of carbonyl (C=O) groups is 1. The molecule has 0 radical (unpaired) electrons. The van der Waals surface area contributed by atoms with Crippen LogP contribution >= 0.6 is 23.4 Å². The monoisotopic (exact) mass is 520 g/mol. The molecule has 0 saturated heterocycles. The summed E-state index contributed by atoms with van der Waals surface area (Å²) in [6.45, 7) is 6.53. The third-order valence-corrected chi connectivity index (χ3v) is 6.70. The minimum atomic E-state index is -0.492. The van der Waals surface area contributed by atoms with Crippen molar-refractivity contribution in [2.75, 3.05) is 5.32 Å². The quantitative estimate of drug-likeness (QED) is 0.115. The van der Waals surface area contributed by atoms with Crippen molar-refractivity contribution in [3.63, 3.8) is 0 Å². The van der Waals surface area contributed by atoms with Gasteiger partial charge >= 0.3 is 0 Å². The van der Waals surface area contributed by atoms with Crippen LogP contribution in [0.4, 0.5) is 5.69 Å². The fourth-order valence-corrected chi connectivity index (χ4v) is 4.48. The van der Waals surface area contributed by atoms with Gasteiger partial charge in [-0.15, -0.1) is 16.8 Å². The van der Waals surface area contributed by atoms with E-state index in [0.717, 1.165) is 16.5 Å². The summed E-state index contributed by atoms with van der Waals surface area (Å²) in [6.07, 6.45) is 3.21. The topological polar surface area (TPSA) is 104 Å². The number of hydrazone groups is 1. The molecule has 0 fully saturated rings. The number of nitrogens with zero attached hydrogens (tertiary/aromatic N) is 4. The lowest BCUT2D eigenvalue weighted by Crippen LogP contribution is -2.27. The van der Waals surface area contributed by atoms with Crippen molar-refractivity contribution < 1.29 is 9.90 Å². The van der Waals surface area contributed by atoms with Crippen molar-refractivity contribution in [1.82, 2.24) is 20.2 Å². The van der Waals surface area contributed by atoms with Crippen LogP contribution in [0.25, 0.3) is 10.8 Å². The normalized spacial score (nSPS) is 12.1. The van der Waals surface area contributed by atoms with E-state index in [9.17, 15) is 9.90 Å². The Balaban J connectivity index is 1.40. The fourth-order valence-electron chi connectivity index (χ4n) is 3.48. The van der Waals surface area contributed by atoms with E-state index in [1.165, 1.54) is 18.0 Å². The van der Waals surface area contributed by atoms with E-state index in [1.807, 2.05) is 59.2 Å². The summed E-state index contributed by atoms with van der Waals surface area (Å²) in [6, 6.07) is 18.5. The molecule has 0 saturated carbocycles. The van der Waals surface area contributed by atoms with E-state index in [4.69, 9.17) is 11.6 Å². The first-order valence-corrected chi connectivity index (χ1v) is 12.4. The maximum atomic E-state index is 12.7. The average Bonchev–Trinajstić information content (AvgIpc) is 3.26. The lowest BCUT2D eigenvalue weighted by atomic mass is 10.0. The van der Waals surface area contributed by atoms with Crippen LogP contribution in [-0.4, -0.2) is 37.2 Å². The summed E-state index contributed by atoms with van der Waals surface area (Å²) in [5.74, 6) is 0.501. The molecule has 0 aliphatic heterocycles. The highest BCUT2D eigenvalue weighted by atomic mass is 35.5. The Morgan fingerprint density at radius 3 is 2.75 bits per heavy atom. The summed E-state index contributed by atoms with van der Waals surface area (Å²) in [4.78, 5) is 12.7. The summed E-state index contributed by atoms with van der Waals surface area (Å²) < 4.78 is 1.90. The number of nitrogens with one attached hydrogen (secondary N) is 2. The molecule has 4 rings (SSSR count). The molecule has 8 nitrogen and oxygen atoms in total. The van der Waals surface area contributed by atoms with Crippen LogP contribution in [0, 0.1) is 0 Å². The first kappa shape index (κ1) is 25.3. The number of benzene rings is 3. The maximum Gasteiger partial charge on any atom is 0.253 e. The van der Waals surface area contributed by atoms with Crippen LogP contribution in [0.2, 0.25) is 5.02 Å². The highest BCUT2D eigenvalue weighted by Gasteiger charge is 2.19. The summed E-state index contributed by atoms with van der Waals surface area (Å²) in [7, 11) is 0. The Morgan fingerprint density at radius 2 is 1.97 bits per heavy atom.